The second-order valence-corrected chi connectivity index (χ2v) is 12.4. The zero-order valence-electron chi connectivity index (χ0n) is 21.9. The lowest BCUT2D eigenvalue weighted by molar-refractivity contribution is -0.181. The number of esters is 1. The maximum Gasteiger partial charge on any atom is 0.309 e. The summed E-state index contributed by atoms with van der Waals surface area (Å²) in [6.45, 7) is 11.5. The molecule has 7 heteroatoms. The van der Waals surface area contributed by atoms with Crippen LogP contribution in [0.15, 0.2) is 0 Å². The van der Waals surface area contributed by atoms with E-state index in [-0.39, 0.29) is 34.7 Å². The second-order valence-electron chi connectivity index (χ2n) is 12.4. The molecule has 5 aliphatic rings. The first kappa shape index (κ1) is 25.6. The number of hydrogen-bond donors (Lipinski definition) is 1. The third kappa shape index (κ3) is 4.49. The molecular weight excluding hydrogens is 446 g/mol. The van der Waals surface area contributed by atoms with E-state index in [4.69, 9.17) is 14.2 Å². The second kappa shape index (κ2) is 10.0. The van der Waals surface area contributed by atoms with Gasteiger partial charge in [0, 0.05) is 38.6 Å². The summed E-state index contributed by atoms with van der Waals surface area (Å²) in [6, 6.07) is 0. The summed E-state index contributed by atoms with van der Waals surface area (Å²) in [5.74, 6) is 1.14. The van der Waals surface area contributed by atoms with Crippen molar-refractivity contribution in [1.29, 1.82) is 0 Å². The molecule has 1 heterocycles. The van der Waals surface area contributed by atoms with Crippen LogP contribution in [-0.2, 0) is 23.8 Å². The number of carbonyl (C=O) groups excluding carboxylic acids is 2. The van der Waals surface area contributed by atoms with Crippen LogP contribution in [0.25, 0.3) is 0 Å². The first-order chi connectivity index (χ1) is 16.8. The highest BCUT2D eigenvalue weighted by Gasteiger charge is 2.65. The number of Topliss-reactive ketones (excluding diaryl/α,β-unsaturated/α-hetero) is 1. The van der Waals surface area contributed by atoms with Crippen LogP contribution >= 0.6 is 0 Å². The Morgan fingerprint density at radius 3 is 2.66 bits per heavy atom. The van der Waals surface area contributed by atoms with Gasteiger partial charge in [-0.2, -0.15) is 0 Å². The van der Waals surface area contributed by atoms with Crippen LogP contribution in [0.3, 0.4) is 0 Å². The number of aliphatic hydroxyl groups is 1. The van der Waals surface area contributed by atoms with Gasteiger partial charge in [0.25, 0.3) is 0 Å². The zero-order valence-corrected chi connectivity index (χ0v) is 21.9. The highest BCUT2D eigenvalue weighted by Crippen LogP contribution is 2.66. The van der Waals surface area contributed by atoms with Crippen molar-refractivity contribution in [3.05, 3.63) is 0 Å². The number of hydrogen-bond acceptors (Lipinski definition) is 7. The molecule has 0 bridgehead atoms. The van der Waals surface area contributed by atoms with Gasteiger partial charge in [0.05, 0.1) is 31.3 Å². The van der Waals surface area contributed by atoms with Crippen molar-refractivity contribution in [3.63, 3.8) is 0 Å². The van der Waals surface area contributed by atoms with Gasteiger partial charge in [-0.25, -0.2) is 0 Å². The maximum absolute atomic E-state index is 13.9. The topological polar surface area (TPSA) is 85.3 Å². The lowest BCUT2D eigenvalue weighted by Gasteiger charge is -2.60. The van der Waals surface area contributed by atoms with E-state index in [1.54, 1.807) is 0 Å². The Hall–Kier alpha value is -1.02. The zero-order chi connectivity index (χ0) is 24.8. The van der Waals surface area contributed by atoms with E-state index in [0.717, 1.165) is 71.4 Å². The van der Waals surface area contributed by atoms with Gasteiger partial charge < -0.3 is 19.3 Å². The summed E-state index contributed by atoms with van der Waals surface area (Å²) in [5, 5.41) is 10.7. The van der Waals surface area contributed by atoms with Crippen molar-refractivity contribution >= 4 is 11.8 Å². The van der Waals surface area contributed by atoms with Crippen molar-refractivity contribution in [1.82, 2.24) is 4.90 Å². The highest BCUT2D eigenvalue weighted by molar-refractivity contribution is 5.86. The fourth-order valence-electron chi connectivity index (χ4n) is 9.05. The van der Waals surface area contributed by atoms with E-state index in [0.29, 0.717) is 43.2 Å². The van der Waals surface area contributed by atoms with Gasteiger partial charge in [-0.15, -0.1) is 0 Å². The van der Waals surface area contributed by atoms with E-state index in [1.165, 1.54) is 0 Å². The third-order valence-electron chi connectivity index (χ3n) is 10.8. The Labute approximate surface area is 210 Å². The molecule has 7 nitrogen and oxygen atoms in total. The summed E-state index contributed by atoms with van der Waals surface area (Å²) < 4.78 is 17.1. The number of ketones is 1. The largest absolute Gasteiger partial charge is 0.464 e. The minimum absolute atomic E-state index is 0.0193. The lowest BCUT2D eigenvalue weighted by Crippen LogP contribution is -2.60. The first-order valence-electron chi connectivity index (χ1n) is 14.1. The van der Waals surface area contributed by atoms with Crippen LogP contribution in [0.1, 0.15) is 65.7 Å². The minimum atomic E-state index is -0.434. The van der Waals surface area contributed by atoms with Crippen molar-refractivity contribution in [2.45, 2.75) is 77.9 Å². The fourth-order valence-corrected chi connectivity index (χ4v) is 9.05. The molecule has 1 N–H and O–H groups in total. The molecule has 4 saturated carbocycles. The van der Waals surface area contributed by atoms with Crippen molar-refractivity contribution in [2.24, 2.45) is 40.4 Å². The SMILES string of the molecule is CCO[C@H]1C[C@@]2(C)[C@@H](CC[C@H]3[C@@H]4CC[C@H](C(=O)OCCN5CCOCC5)[C@@]4(C)CC(=O)[C@@H]32)C[C@@H]1O. The van der Waals surface area contributed by atoms with Gasteiger partial charge in [0.15, 0.2) is 0 Å². The van der Waals surface area contributed by atoms with Crippen LogP contribution in [0.5, 0.6) is 0 Å². The predicted octanol–water partition coefficient (Wildman–Crippen LogP) is 3.08. The van der Waals surface area contributed by atoms with Crippen LogP contribution in [0.4, 0.5) is 0 Å². The van der Waals surface area contributed by atoms with Gasteiger partial charge in [0.1, 0.15) is 12.4 Å². The Morgan fingerprint density at radius 1 is 1.14 bits per heavy atom. The number of aliphatic hydroxyl groups excluding tert-OH is 1. The van der Waals surface area contributed by atoms with E-state index in [1.807, 2.05) is 6.92 Å². The normalized spacial score (nSPS) is 45.9. The fraction of sp³-hybridized carbons (Fsp3) is 0.929. The number of ether oxygens (including phenoxy) is 3. The Balaban J connectivity index is 1.28. The standard InChI is InChI=1S/C28H45NO6/c1-4-34-24-17-27(2)18(15-22(24)30)5-6-19-20-7-8-21(28(20,3)16-23(31)25(19)27)26(32)35-14-11-29-9-12-33-13-10-29/h18-22,24-25,30H,4-17H2,1-3H3/t18-,19-,20-,21+,22-,24-,25+,27-,28-/m0/s1. The molecule has 0 unspecified atom stereocenters. The lowest BCUT2D eigenvalue weighted by atomic mass is 9.44. The van der Waals surface area contributed by atoms with Crippen molar-refractivity contribution in [3.8, 4) is 0 Å². The predicted molar refractivity (Wildman–Crippen MR) is 131 cm³/mol. The van der Waals surface area contributed by atoms with E-state index in [9.17, 15) is 14.7 Å². The number of rotatable bonds is 6. The van der Waals surface area contributed by atoms with Crippen molar-refractivity contribution in [2.75, 3.05) is 46.1 Å². The smallest absolute Gasteiger partial charge is 0.309 e. The number of morpholine rings is 1. The van der Waals surface area contributed by atoms with Crippen LogP contribution in [0.2, 0.25) is 0 Å². The molecule has 1 aliphatic heterocycles. The summed E-state index contributed by atoms with van der Waals surface area (Å²) in [6.07, 6.45) is 5.28. The number of fused-ring (bicyclic) bond motifs is 5. The van der Waals surface area contributed by atoms with E-state index in [2.05, 4.69) is 18.7 Å². The molecule has 9 atom stereocenters. The Bertz CT molecular complexity index is 798. The Morgan fingerprint density at radius 2 is 1.91 bits per heavy atom. The molecule has 4 aliphatic carbocycles. The molecule has 5 fully saturated rings. The minimum Gasteiger partial charge on any atom is -0.464 e. The molecule has 0 radical (unpaired) electrons. The van der Waals surface area contributed by atoms with Crippen LogP contribution in [-0.4, -0.2) is 80.0 Å². The van der Waals surface area contributed by atoms with Gasteiger partial charge >= 0.3 is 5.97 Å². The molecule has 1 saturated heterocycles. The average molecular weight is 492 g/mol. The van der Waals surface area contributed by atoms with Gasteiger partial charge in [-0.1, -0.05) is 13.8 Å². The molecule has 5 rings (SSSR count). The average Bonchev–Trinajstić information content (AvgIpc) is 3.17. The van der Waals surface area contributed by atoms with Gasteiger partial charge in [0.2, 0.25) is 0 Å². The van der Waals surface area contributed by atoms with Gasteiger partial charge in [-0.3, -0.25) is 14.5 Å². The monoisotopic (exact) mass is 491 g/mol. The van der Waals surface area contributed by atoms with Gasteiger partial charge in [-0.05, 0) is 74.0 Å². The number of nitrogens with zero attached hydrogens (tertiary/aromatic N) is 1. The molecule has 198 valence electrons. The van der Waals surface area contributed by atoms with E-state index >= 15 is 0 Å². The Kier molecular flexibility index (Phi) is 7.35. The molecular formula is C28H45NO6. The first-order valence-corrected chi connectivity index (χ1v) is 14.1. The summed E-state index contributed by atoms with van der Waals surface area (Å²) in [5.41, 5.74) is -0.428. The van der Waals surface area contributed by atoms with Crippen LogP contribution < -0.4 is 0 Å². The molecule has 0 aromatic heterocycles. The maximum atomic E-state index is 13.9. The van der Waals surface area contributed by atoms with E-state index < -0.39 is 6.10 Å². The summed E-state index contributed by atoms with van der Waals surface area (Å²) in [4.78, 5) is 29.4. The summed E-state index contributed by atoms with van der Waals surface area (Å²) >= 11 is 0. The third-order valence-corrected chi connectivity index (χ3v) is 10.8. The highest BCUT2D eigenvalue weighted by atomic mass is 16.5. The van der Waals surface area contributed by atoms with Crippen molar-refractivity contribution < 1.29 is 28.9 Å². The quantitative estimate of drug-likeness (QED) is 0.572. The summed E-state index contributed by atoms with van der Waals surface area (Å²) in [7, 11) is 0. The molecule has 0 amide bonds. The number of carbonyl (C=O) groups is 2. The molecule has 0 aromatic rings. The molecule has 35 heavy (non-hydrogen) atoms. The molecule has 0 spiro atoms. The van der Waals surface area contributed by atoms with Crippen LogP contribution in [0, 0.1) is 40.4 Å². The molecule has 0 aromatic carbocycles.